The number of sulfone groups is 1. The average molecular weight is 499 g/mol. The fraction of sp³-hybridized carbons (Fsp3) is 0.435. The van der Waals surface area contributed by atoms with Crippen molar-refractivity contribution in [1.82, 2.24) is 9.13 Å². The monoisotopic (exact) mass is 498 g/mol. The Morgan fingerprint density at radius 1 is 1.09 bits per heavy atom. The number of hydrogen-bond donors (Lipinski definition) is 0. The molecular weight excluding hydrogens is 473 g/mol. The molecule has 0 aliphatic heterocycles. The van der Waals surface area contributed by atoms with Gasteiger partial charge in [0.2, 0.25) is 0 Å². The van der Waals surface area contributed by atoms with Gasteiger partial charge in [0.05, 0.1) is 42.1 Å². The number of imidazole rings is 1. The van der Waals surface area contributed by atoms with Crippen molar-refractivity contribution in [2.45, 2.75) is 38.0 Å². The molecule has 34 heavy (non-hydrogen) atoms. The molecule has 1 heterocycles. The Morgan fingerprint density at radius 3 is 2.35 bits per heavy atom. The van der Waals surface area contributed by atoms with E-state index < -0.39 is 39.1 Å². The number of aromatic nitrogens is 2. The second-order valence-electron chi connectivity index (χ2n) is 8.41. The highest BCUT2D eigenvalue weighted by molar-refractivity contribution is 7.90. The molecule has 3 aromatic rings. The smallest absolute Gasteiger partial charge is 0.416 e. The van der Waals surface area contributed by atoms with Gasteiger partial charge in [0.25, 0.3) is 0 Å². The van der Waals surface area contributed by atoms with Crippen molar-refractivity contribution in [3.63, 3.8) is 0 Å². The van der Waals surface area contributed by atoms with Crippen molar-refractivity contribution in [2.24, 2.45) is 0 Å². The zero-order valence-corrected chi connectivity index (χ0v) is 19.7. The van der Waals surface area contributed by atoms with Gasteiger partial charge in [-0.1, -0.05) is 6.07 Å². The number of rotatable bonds is 8. The number of nitrogens with zero attached hydrogens (tertiary/aromatic N) is 2. The highest BCUT2D eigenvalue weighted by Crippen LogP contribution is 2.40. The van der Waals surface area contributed by atoms with E-state index in [4.69, 9.17) is 9.47 Å². The molecule has 7 nitrogen and oxygen atoms in total. The summed E-state index contributed by atoms with van der Waals surface area (Å²) in [6, 6.07) is 6.77. The Morgan fingerprint density at radius 2 is 1.79 bits per heavy atom. The second kappa shape index (κ2) is 8.68. The highest BCUT2D eigenvalue weighted by atomic mass is 32.2. The lowest BCUT2D eigenvalue weighted by atomic mass is 10.1. The predicted molar refractivity (Wildman–Crippen MR) is 121 cm³/mol. The molecule has 0 saturated heterocycles. The summed E-state index contributed by atoms with van der Waals surface area (Å²) in [7, 11) is -2.12. The van der Waals surface area contributed by atoms with Gasteiger partial charge in [-0.25, -0.2) is 13.2 Å². The van der Waals surface area contributed by atoms with E-state index in [-0.39, 0.29) is 17.1 Å². The van der Waals surface area contributed by atoms with Crippen molar-refractivity contribution in [1.29, 1.82) is 0 Å². The van der Waals surface area contributed by atoms with Crippen LogP contribution in [-0.2, 0) is 16.0 Å². The molecule has 1 saturated carbocycles. The van der Waals surface area contributed by atoms with Crippen LogP contribution in [0.1, 0.15) is 43.0 Å². The van der Waals surface area contributed by atoms with Gasteiger partial charge in [0, 0.05) is 12.3 Å². The van der Waals surface area contributed by atoms with Gasteiger partial charge in [-0.15, -0.1) is 0 Å². The van der Waals surface area contributed by atoms with E-state index in [1.54, 1.807) is 25.1 Å². The molecule has 11 heteroatoms. The van der Waals surface area contributed by atoms with E-state index in [1.165, 1.54) is 22.3 Å². The third kappa shape index (κ3) is 4.66. The van der Waals surface area contributed by atoms with E-state index in [9.17, 15) is 26.4 Å². The number of methoxy groups -OCH3 is 1. The van der Waals surface area contributed by atoms with E-state index in [0.717, 1.165) is 18.4 Å². The van der Waals surface area contributed by atoms with Gasteiger partial charge in [0.1, 0.15) is 9.84 Å². The second-order valence-corrected chi connectivity index (χ2v) is 10.6. The minimum absolute atomic E-state index is 0.138. The minimum Gasteiger partial charge on any atom is -0.493 e. The summed E-state index contributed by atoms with van der Waals surface area (Å²) in [5.74, 6) is 0.390. The Labute approximate surface area is 194 Å². The van der Waals surface area contributed by atoms with Gasteiger partial charge in [-0.05, 0) is 55.7 Å². The van der Waals surface area contributed by atoms with Crippen LogP contribution in [0.25, 0.3) is 11.0 Å². The fourth-order valence-corrected chi connectivity index (χ4v) is 5.10. The van der Waals surface area contributed by atoms with E-state index >= 15 is 0 Å². The third-order valence-electron chi connectivity index (χ3n) is 5.79. The maximum absolute atomic E-state index is 13.6. The number of alkyl halides is 3. The molecule has 1 atom stereocenters. The van der Waals surface area contributed by atoms with Crippen molar-refractivity contribution in [2.75, 3.05) is 25.7 Å². The fourth-order valence-electron chi connectivity index (χ4n) is 4.18. The Kier molecular flexibility index (Phi) is 6.17. The number of ether oxygens (including phenoxy) is 2. The maximum Gasteiger partial charge on any atom is 0.416 e. The first-order valence-electron chi connectivity index (χ1n) is 10.8. The average Bonchev–Trinajstić information content (AvgIpc) is 3.53. The molecule has 184 valence electrons. The van der Waals surface area contributed by atoms with Gasteiger partial charge in [-0.2, -0.15) is 13.2 Å². The summed E-state index contributed by atoms with van der Waals surface area (Å²) in [6.45, 7) is 2.11. The van der Waals surface area contributed by atoms with Crippen LogP contribution in [0.4, 0.5) is 13.2 Å². The number of halogens is 3. The SMILES string of the molecule is CCOc1cc(C(CS(C)(=O)=O)n2c(=O)n(C3CC3)c3cc(C(F)(F)F)ccc32)ccc1OC. The molecule has 0 bridgehead atoms. The van der Waals surface area contributed by atoms with Crippen molar-refractivity contribution >= 4 is 20.9 Å². The summed E-state index contributed by atoms with van der Waals surface area (Å²) in [5.41, 5.74) is -0.563. The zero-order valence-electron chi connectivity index (χ0n) is 18.9. The summed E-state index contributed by atoms with van der Waals surface area (Å²) in [5, 5.41) is 0. The molecule has 0 amide bonds. The van der Waals surface area contributed by atoms with Gasteiger partial charge in [-0.3, -0.25) is 9.13 Å². The zero-order chi connectivity index (χ0) is 24.8. The van der Waals surface area contributed by atoms with Crippen LogP contribution in [-0.4, -0.2) is 43.3 Å². The predicted octanol–water partition coefficient (Wildman–Crippen LogP) is 4.20. The van der Waals surface area contributed by atoms with Crippen LogP contribution in [0.3, 0.4) is 0 Å². The number of benzene rings is 2. The lowest BCUT2D eigenvalue weighted by molar-refractivity contribution is -0.137. The molecule has 1 fully saturated rings. The summed E-state index contributed by atoms with van der Waals surface area (Å²) in [4.78, 5) is 13.6. The molecule has 1 aliphatic carbocycles. The third-order valence-corrected chi connectivity index (χ3v) is 6.71. The standard InChI is InChI=1S/C23H25F3N2O5S/c1-4-33-21-11-14(5-10-20(21)32-2)19(13-34(3,30)31)28-17-9-6-15(23(24,25)26)12-18(17)27(22(28)29)16-7-8-16/h5-6,9-12,16,19H,4,7-8,13H2,1-3H3. The molecule has 1 unspecified atom stereocenters. The van der Waals surface area contributed by atoms with Crippen LogP contribution in [0.15, 0.2) is 41.2 Å². The van der Waals surface area contributed by atoms with Crippen molar-refractivity contribution in [3.8, 4) is 11.5 Å². The van der Waals surface area contributed by atoms with Crippen LogP contribution >= 0.6 is 0 Å². The Balaban J connectivity index is 1.98. The molecule has 0 spiro atoms. The van der Waals surface area contributed by atoms with Crippen LogP contribution in [0.5, 0.6) is 11.5 Å². The molecule has 1 aromatic heterocycles. The van der Waals surface area contributed by atoms with E-state index in [2.05, 4.69) is 0 Å². The van der Waals surface area contributed by atoms with Gasteiger partial charge < -0.3 is 9.47 Å². The van der Waals surface area contributed by atoms with Crippen LogP contribution in [0, 0.1) is 0 Å². The first-order chi connectivity index (χ1) is 15.9. The first-order valence-corrected chi connectivity index (χ1v) is 12.8. The van der Waals surface area contributed by atoms with Gasteiger partial charge >= 0.3 is 11.9 Å². The number of hydrogen-bond acceptors (Lipinski definition) is 5. The summed E-state index contributed by atoms with van der Waals surface area (Å²) in [6.07, 6.45) is -2.18. The summed E-state index contributed by atoms with van der Waals surface area (Å²) >= 11 is 0. The lowest BCUT2D eigenvalue weighted by Gasteiger charge is -2.20. The minimum atomic E-state index is -4.57. The van der Waals surface area contributed by atoms with Gasteiger partial charge in [0.15, 0.2) is 11.5 Å². The van der Waals surface area contributed by atoms with E-state index in [0.29, 0.717) is 36.5 Å². The lowest BCUT2D eigenvalue weighted by Crippen LogP contribution is -2.31. The van der Waals surface area contributed by atoms with Crippen LogP contribution in [0.2, 0.25) is 0 Å². The maximum atomic E-state index is 13.6. The van der Waals surface area contributed by atoms with Crippen molar-refractivity contribution in [3.05, 3.63) is 58.0 Å². The molecule has 1 aliphatic rings. The number of fused-ring (bicyclic) bond motifs is 1. The highest BCUT2D eigenvalue weighted by Gasteiger charge is 2.35. The van der Waals surface area contributed by atoms with Crippen LogP contribution < -0.4 is 15.2 Å². The van der Waals surface area contributed by atoms with Crippen molar-refractivity contribution < 1.29 is 31.1 Å². The molecule has 2 aromatic carbocycles. The quantitative estimate of drug-likeness (QED) is 0.465. The molecule has 0 radical (unpaired) electrons. The molecule has 0 N–H and O–H groups in total. The molecular formula is C23H25F3N2O5S. The largest absolute Gasteiger partial charge is 0.493 e. The topological polar surface area (TPSA) is 79.5 Å². The molecule has 4 rings (SSSR count). The Bertz CT molecular complexity index is 1390. The summed E-state index contributed by atoms with van der Waals surface area (Å²) < 4.78 is 78.5. The van der Waals surface area contributed by atoms with E-state index in [1.807, 2.05) is 0 Å². The normalized spacial score (nSPS) is 15.5. The Hall–Kier alpha value is -2.95. The first kappa shape index (κ1) is 24.2.